The molecule has 1 fully saturated rings. The van der Waals surface area contributed by atoms with Crippen molar-refractivity contribution in [1.82, 2.24) is 29.4 Å². The van der Waals surface area contributed by atoms with Gasteiger partial charge in [0.15, 0.2) is 5.82 Å². The molecule has 1 saturated heterocycles. The number of nitrogens with zero attached hydrogens (tertiary/aromatic N) is 7. The number of imidazole rings is 1. The number of benzene rings is 1. The van der Waals surface area contributed by atoms with E-state index in [1.54, 1.807) is 12.4 Å². The normalized spacial score (nSPS) is 15.1. The van der Waals surface area contributed by atoms with Gasteiger partial charge < -0.3 is 9.47 Å². The first-order chi connectivity index (χ1) is 14.4. The second kappa shape index (κ2) is 7.97. The molecule has 3 aromatic heterocycles. The van der Waals surface area contributed by atoms with Gasteiger partial charge in [0.25, 0.3) is 0 Å². The van der Waals surface area contributed by atoms with Crippen LogP contribution in [0.25, 0.3) is 22.4 Å². The molecule has 1 aliphatic heterocycles. The third-order valence-electron chi connectivity index (χ3n) is 5.41. The Morgan fingerprint density at radius 3 is 2.45 bits per heavy atom. The maximum atomic E-state index is 4.80. The summed E-state index contributed by atoms with van der Waals surface area (Å²) < 4.78 is 2.20. The molecule has 0 atom stereocenters. The molecule has 4 heterocycles. The predicted octanol–water partition coefficient (Wildman–Crippen LogP) is 2.71. The van der Waals surface area contributed by atoms with Crippen molar-refractivity contribution in [3.8, 4) is 11.5 Å². The van der Waals surface area contributed by atoms with Crippen LogP contribution >= 0.6 is 0 Å². The van der Waals surface area contributed by atoms with Crippen molar-refractivity contribution in [1.29, 1.82) is 0 Å². The van der Waals surface area contributed by atoms with Gasteiger partial charge in [-0.3, -0.25) is 4.90 Å². The maximum Gasteiger partial charge on any atom is 0.225 e. The number of fused-ring (bicyclic) bond motifs is 1. The van der Waals surface area contributed by atoms with E-state index >= 15 is 0 Å². The molecular weight excluding hydrogens is 362 g/mol. The molecule has 0 saturated carbocycles. The summed E-state index contributed by atoms with van der Waals surface area (Å²) in [6.45, 7) is 5.80. The van der Waals surface area contributed by atoms with Gasteiger partial charge in [-0.15, -0.1) is 0 Å². The number of aromatic nitrogens is 5. The van der Waals surface area contributed by atoms with Crippen LogP contribution < -0.4 is 4.90 Å². The van der Waals surface area contributed by atoms with Crippen LogP contribution in [0.4, 0.5) is 5.95 Å². The summed E-state index contributed by atoms with van der Waals surface area (Å²) in [6, 6.07) is 14.2. The van der Waals surface area contributed by atoms with Gasteiger partial charge in [0.05, 0.1) is 5.52 Å². The molecule has 146 valence electrons. The molecule has 0 aliphatic carbocycles. The number of anilines is 1. The van der Waals surface area contributed by atoms with Crippen LogP contribution in [0.2, 0.25) is 0 Å². The van der Waals surface area contributed by atoms with Crippen molar-refractivity contribution in [2.24, 2.45) is 0 Å². The molecule has 0 bridgehead atoms. The van der Waals surface area contributed by atoms with E-state index in [1.807, 2.05) is 36.7 Å². The maximum absolute atomic E-state index is 4.80. The number of piperazine rings is 1. The van der Waals surface area contributed by atoms with E-state index in [1.165, 1.54) is 0 Å². The van der Waals surface area contributed by atoms with E-state index < -0.39 is 0 Å². The van der Waals surface area contributed by atoms with Crippen molar-refractivity contribution >= 4 is 16.9 Å². The molecule has 1 aromatic carbocycles. The molecule has 7 heteroatoms. The Morgan fingerprint density at radius 1 is 0.759 bits per heavy atom. The fraction of sp³-hybridized carbons (Fsp3) is 0.273. The molecule has 0 amide bonds. The van der Waals surface area contributed by atoms with Crippen LogP contribution in [0, 0.1) is 0 Å². The fourth-order valence-corrected chi connectivity index (χ4v) is 3.79. The fourth-order valence-electron chi connectivity index (χ4n) is 3.79. The first-order valence-electron chi connectivity index (χ1n) is 9.98. The number of pyridine rings is 1. The number of hydrogen-bond donors (Lipinski definition) is 0. The molecule has 0 radical (unpaired) electrons. The lowest BCUT2D eigenvalue weighted by Crippen LogP contribution is -2.47. The standard InChI is InChI=1S/C22H23N7/c1-2-5-19-18(4-1)6-7-20(26-19)21-23-10-11-28(21)15-12-27-13-16-29(17-14-27)22-24-8-3-9-25-22/h1-11H,12-17H2. The van der Waals surface area contributed by atoms with E-state index in [2.05, 4.69) is 47.5 Å². The number of para-hydroxylation sites is 1. The second-order valence-corrected chi connectivity index (χ2v) is 7.21. The van der Waals surface area contributed by atoms with Crippen molar-refractivity contribution in [2.75, 3.05) is 37.6 Å². The summed E-state index contributed by atoms with van der Waals surface area (Å²) >= 11 is 0. The van der Waals surface area contributed by atoms with Gasteiger partial charge in [-0.1, -0.05) is 24.3 Å². The van der Waals surface area contributed by atoms with Gasteiger partial charge in [0.1, 0.15) is 5.69 Å². The van der Waals surface area contributed by atoms with Crippen molar-refractivity contribution in [3.63, 3.8) is 0 Å². The Morgan fingerprint density at radius 2 is 1.59 bits per heavy atom. The summed E-state index contributed by atoms with van der Waals surface area (Å²) in [7, 11) is 0. The average Bonchev–Trinajstić information content (AvgIpc) is 3.27. The highest BCUT2D eigenvalue weighted by Crippen LogP contribution is 2.20. The Labute approximate surface area is 169 Å². The minimum absolute atomic E-state index is 0.825. The lowest BCUT2D eigenvalue weighted by Gasteiger charge is -2.34. The van der Waals surface area contributed by atoms with Gasteiger partial charge >= 0.3 is 0 Å². The summed E-state index contributed by atoms with van der Waals surface area (Å²) in [6.07, 6.45) is 7.50. The largest absolute Gasteiger partial charge is 0.338 e. The van der Waals surface area contributed by atoms with Crippen molar-refractivity contribution in [3.05, 3.63) is 67.3 Å². The minimum atomic E-state index is 0.825. The molecule has 0 spiro atoms. The van der Waals surface area contributed by atoms with E-state index in [0.29, 0.717) is 0 Å². The first-order valence-corrected chi connectivity index (χ1v) is 9.98. The van der Waals surface area contributed by atoms with E-state index in [-0.39, 0.29) is 0 Å². The zero-order valence-corrected chi connectivity index (χ0v) is 16.2. The molecular formula is C22H23N7. The quantitative estimate of drug-likeness (QED) is 0.526. The Bertz CT molecular complexity index is 1080. The lowest BCUT2D eigenvalue weighted by atomic mass is 10.2. The minimum Gasteiger partial charge on any atom is -0.338 e. The molecule has 0 N–H and O–H groups in total. The molecule has 0 unspecified atom stereocenters. The topological polar surface area (TPSA) is 63.0 Å². The van der Waals surface area contributed by atoms with Crippen molar-refractivity contribution < 1.29 is 0 Å². The third-order valence-corrected chi connectivity index (χ3v) is 5.41. The summed E-state index contributed by atoms with van der Waals surface area (Å²) in [5, 5.41) is 1.15. The second-order valence-electron chi connectivity index (χ2n) is 7.21. The Hall–Kier alpha value is -3.32. The number of rotatable bonds is 5. The lowest BCUT2D eigenvalue weighted by molar-refractivity contribution is 0.247. The molecule has 29 heavy (non-hydrogen) atoms. The van der Waals surface area contributed by atoms with Gasteiger partial charge in [0, 0.05) is 69.4 Å². The highest BCUT2D eigenvalue weighted by atomic mass is 15.3. The highest BCUT2D eigenvalue weighted by molar-refractivity contribution is 5.80. The number of hydrogen-bond acceptors (Lipinski definition) is 6. The summed E-state index contributed by atoms with van der Waals surface area (Å²) in [5.74, 6) is 1.75. The van der Waals surface area contributed by atoms with E-state index in [0.717, 1.165) is 67.6 Å². The van der Waals surface area contributed by atoms with Crippen LogP contribution in [0.5, 0.6) is 0 Å². The smallest absolute Gasteiger partial charge is 0.225 e. The SMILES string of the molecule is c1cnc(N2CCN(CCn3ccnc3-c3ccc4ccccc4n3)CC2)nc1. The van der Waals surface area contributed by atoms with Crippen LogP contribution in [0.3, 0.4) is 0 Å². The van der Waals surface area contributed by atoms with Gasteiger partial charge in [-0.25, -0.2) is 19.9 Å². The van der Waals surface area contributed by atoms with E-state index in [4.69, 9.17) is 4.98 Å². The molecule has 7 nitrogen and oxygen atoms in total. The Kier molecular flexibility index (Phi) is 4.88. The molecule has 4 aromatic rings. The average molecular weight is 385 g/mol. The Balaban J connectivity index is 1.23. The van der Waals surface area contributed by atoms with Crippen LogP contribution in [-0.4, -0.2) is 62.1 Å². The van der Waals surface area contributed by atoms with Gasteiger partial charge in [0.2, 0.25) is 5.95 Å². The van der Waals surface area contributed by atoms with E-state index in [9.17, 15) is 0 Å². The highest BCUT2D eigenvalue weighted by Gasteiger charge is 2.19. The predicted molar refractivity (Wildman–Crippen MR) is 114 cm³/mol. The van der Waals surface area contributed by atoms with Crippen LogP contribution in [0.1, 0.15) is 0 Å². The van der Waals surface area contributed by atoms with Crippen LogP contribution in [-0.2, 0) is 6.54 Å². The molecule has 1 aliphatic rings. The van der Waals surface area contributed by atoms with Gasteiger partial charge in [-0.05, 0) is 18.2 Å². The zero-order chi connectivity index (χ0) is 19.5. The van der Waals surface area contributed by atoms with Crippen LogP contribution in [0.15, 0.2) is 67.3 Å². The van der Waals surface area contributed by atoms with Crippen molar-refractivity contribution in [2.45, 2.75) is 6.54 Å². The molecule has 5 rings (SSSR count). The van der Waals surface area contributed by atoms with Gasteiger partial charge in [-0.2, -0.15) is 0 Å². The first kappa shape index (κ1) is 17.8. The third kappa shape index (κ3) is 3.82. The monoisotopic (exact) mass is 385 g/mol. The summed E-state index contributed by atoms with van der Waals surface area (Å²) in [4.78, 5) is 22.8. The summed E-state index contributed by atoms with van der Waals surface area (Å²) in [5.41, 5.74) is 1.92. The zero-order valence-electron chi connectivity index (χ0n) is 16.2.